The molecule has 4 N–H and O–H groups in total. The van der Waals surface area contributed by atoms with Crippen molar-refractivity contribution in [2.75, 3.05) is 19.8 Å². The van der Waals surface area contributed by atoms with Crippen molar-refractivity contribution in [2.24, 2.45) is 0 Å². The zero-order chi connectivity index (χ0) is 45.9. The highest BCUT2D eigenvalue weighted by Gasteiger charge is 2.44. The number of hydrogen-bond donors (Lipinski definition) is 4. The molecule has 1 rings (SSSR count). The maximum absolute atomic E-state index is 12.8. The fraction of sp³-hybridized carbons (Fsp3) is 0.849. The van der Waals surface area contributed by atoms with Crippen LogP contribution in [0.25, 0.3) is 0 Å². The van der Waals surface area contributed by atoms with Gasteiger partial charge in [0.2, 0.25) is 0 Å². The van der Waals surface area contributed by atoms with E-state index in [9.17, 15) is 30.0 Å². The fourth-order valence-corrected chi connectivity index (χ4v) is 7.90. The molecule has 1 aliphatic rings. The molecule has 1 fully saturated rings. The first-order chi connectivity index (χ1) is 30.8. The van der Waals surface area contributed by atoms with Crippen LogP contribution in [0.15, 0.2) is 36.5 Å². The molecule has 0 aliphatic carbocycles. The molecular formula is C53H96O10. The predicted molar refractivity (Wildman–Crippen MR) is 256 cm³/mol. The van der Waals surface area contributed by atoms with Crippen LogP contribution in [0.1, 0.15) is 232 Å². The quantitative estimate of drug-likeness (QED) is 0.0264. The first-order valence-electron chi connectivity index (χ1n) is 26.1. The van der Waals surface area contributed by atoms with Gasteiger partial charge in [-0.05, 0) is 51.4 Å². The van der Waals surface area contributed by atoms with Crippen molar-refractivity contribution in [1.82, 2.24) is 0 Å². The number of aliphatic hydroxyl groups excluding tert-OH is 4. The van der Waals surface area contributed by atoms with Gasteiger partial charge in [-0.3, -0.25) is 9.59 Å². The normalized spacial score (nSPS) is 19.7. The summed E-state index contributed by atoms with van der Waals surface area (Å²) in [5.74, 6) is -0.822. The lowest BCUT2D eigenvalue weighted by Crippen LogP contribution is -2.59. The van der Waals surface area contributed by atoms with E-state index in [1.807, 2.05) is 0 Å². The number of aliphatic hydroxyl groups is 4. The van der Waals surface area contributed by atoms with E-state index in [0.29, 0.717) is 12.8 Å². The molecule has 1 saturated heterocycles. The van der Waals surface area contributed by atoms with Gasteiger partial charge in [-0.1, -0.05) is 204 Å². The van der Waals surface area contributed by atoms with Crippen LogP contribution in [0.4, 0.5) is 0 Å². The molecule has 6 atom stereocenters. The van der Waals surface area contributed by atoms with Gasteiger partial charge in [-0.2, -0.15) is 0 Å². The first kappa shape index (κ1) is 58.9. The van der Waals surface area contributed by atoms with Crippen LogP contribution in [0.5, 0.6) is 0 Å². The molecule has 0 amide bonds. The highest BCUT2D eigenvalue weighted by Crippen LogP contribution is 2.23. The summed E-state index contributed by atoms with van der Waals surface area (Å²) in [4.78, 5) is 25.4. The van der Waals surface area contributed by atoms with Crippen LogP contribution in [0.3, 0.4) is 0 Å². The molecule has 0 spiro atoms. The Morgan fingerprint density at radius 2 is 0.889 bits per heavy atom. The van der Waals surface area contributed by atoms with E-state index < -0.39 is 55.4 Å². The summed E-state index contributed by atoms with van der Waals surface area (Å²) >= 11 is 0. The van der Waals surface area contributed by atoms with Crippen LogP contribution in [-0.4, -0.2) is 89.0 Å². The van der Waals surface area contributed by atoms with Crippen LogP contribution in [0.2, 0.25) is 0 Å². The Morgan fingerprint density at radius 3 is 1.37 bits per heavy atom. The zero-order valence-corrected chi connectivity index (χ0v) is 40.3. The van der Waals surface area contributed by atoms with Gasteiger partial charge in [0, 0.05) is 12.8 Å². The summed E-state index contributed by atoms with van der Waals surface area (Å²) in [5.41, 5.74) is 0. The van der Waals surface area contributed by atoms with Gasteiger partial charge in [0.15, 0.2) is 12.4 Å². The number of carbonyl (C=O) groups is 2. The van der Waals surface area contributed by atoms with Crippen molar-refractivity contribution in [3.05, 3.63) is 36.5 Å². The van der Waals surface area contributed by atoms with Gasteiger partial charge in [-0.25, -0.2) is 0 Å². The molecule has 0 saturated carbocycles. The molecule has 0 bridgehead atoms. The van der Waals surface area contributed by atoms with Crippen molar-refractivity contribution in [1.29, 1.82) is 0 Å². The van der Waals surface area contributed by atoms with E-state index in [-0.39, 0.29) is 26.1 Å². The highest BCUT2D eigenvalue weighted by molar-refractivity contribution is 5.70. The second-order valence-corrected chi connectivity index (χ2v) is 18.0. The molecule has 2 unspecified atom stereocenters. The van der Waals surface area contributed by atoms with E-state index >= 15 is 0 Å². The van der Waals surface area contributed by atoms with Crippen LogP contribution in [0, 0.1) is 0 Å². The van der Waals surface area contributed by atoms with Gasteiger partial charge in [0.1, 0.15) is 31.0 Å². The SMILES string of the molecule is CCCCC/C=C/C/C=C/C/C=C/CCCCCCC(=O)OC[C@H](CO[C@@H]1O[C@H](CO)[C@H](O)C(O)C1O)OC(=O)CCCCCCCCCCCCCCCCCCCCCCC. The summed E-state index contributed by atoms with van der Waals surface area (Å²) in [6.07, 6.45) is 44.4. The fourth-order valence-electron chi connectivity index (χ4n) is 7.90. The van der Waals surface area contributed by atoms with Gasteiger partial charge in [0.25, 0.3) is 0 Å². The van der Waals surface area contributed by atoms with Crippen LogP contribution < -0.4 is 0 Å². The molecule has 0 aromatic carbocycles. The monoisotopic (exact) mass is 893 g/mol. The Hall–Kier alpha value is -2.08. The van der Waals surface area contributed by atoms with E-state index in [4.69, 9.17) is 18.9 Å². The smallest absolute Gasteiger partial charge is 0.306 e. The number of unbranched alkanes of at least 4 members (excludes halogenated alkanes) is 27. The third-order valence-corrected chi connectivity index (χ3v) is 12.0. The summed E-state index contributed by atoms with van der Waals surface area (Å²) in [6, 6.07) is 0. The summed E-state index contributed by atoms with van der Waals surface area (Å²) in [5, 5.41) is 40.2. The molecule has 368 valence electrons. The second-order valence-electron chi connectivity index (χ2n) is 18.0. The Balaban J connectivity index is 2.26. The summed E-state index contributed by atoms with van der Waals surface area (Å²) in [6.45, 7) is 3.41. The Morgan fingerprint density at radius 1 is 0.492 bits per heavy atom. The van der Waals surface area contributed by atoms with E-state index in [0.717, 1.165) is 57.8 Å². The van der Waals surface area contributed by atoms with Crippen LogP contribution in [-0.2, 0) is 28.5 Å². The number of ether oxygens (including phenoxy) is 4. The number of hydrogen-bond acceptors (Lipinski definition) is 10. The second kappa shape index (κ2) is 43.8. The van der Waals surface area contributed by atoms with Gasteiger partial charge >= 0.3 is 11.9 Å². The van der Waals surface area contributed by atoms with Crippen molar-refractivity contribution in [3.8, 4) is 0 Å². The third-order valence-electron chi connectivity index (χ3n) is 12.0. The van der Waals surface area contributed by atoms with E-state index in [2.05, 4.69) is 50.3 Å². The maximum Gasteiger partial charge on any atom is 0.306 e. The number of allylic oxidation sites excluding steroid dienone is 6. The minimum Gasteiger partial charge on any atom is -0.462 e. The molecule has 10 nitrogen and oxygen atoms in total. The lowest BCUT2D eigenvalue weighted by molar-refractivity contribution is -0.305. The average Bonchev–Trinajstić information content (AvgIpc) is 3.28. The average molecular weight is 893 g/mol. The maximum atomic E-state index is 12.8. The van der Waals surface area contributed by atoms with Gasteiger partial charge in [-0.15, -0.1) is 0 Å². The molecule has 0 radical (unpaired) electrons. The lowest BCUT2D eigenvalue weighted by atomic mass is 9.99. The van der Waals surface area contributed by atoms with Crippen molar-refractivity contribution in [3.63, 3.8) is 0 Å². The van der Waals surface area contributed by atoms with Gasteiger partial charge < -0.3 is 39.4 Å². The summed E-state index contributed by atoms with van der Waals surface area (Å²) < 4.78 is 22.2. The van der Waals surface area contributed by atoms with Gasteiger partial charge in [0.05, 0.1) is 13.2 Å². The minimum atomic E-state index is -1.60. The predicted octanol–water partition coefficient (Wildman–Crippen LogP) is 12.2. The standard InChI is InChI=1S/C53H96O10/c1-3-5-7-9-11-13-15-17-19-21-22-23-24-26-28-30-32-34-36-38-40-42-49(56)62-46(45-61-53-52(59)51(58)50(57)47(43-54)63-53)44-60-48(55)41-39-37-35-33-31-29-27-25-20-18-16-14-12-10-8-6-4-2/h12,14,18,20,27,29,46-47,50-54,57-59H,3-11,13,15-17,19,21-26,28,30-45H2,1-2H3/b14-12+,20-18+,29-27+/t46-,47-,50+,51?,52?,53-/m1/s1. The van der Waals surface area contributed by atoms with Crippen molar-refractivity contribution in [2.45, 2.75) is 269 Å². The molecule has 1 aliphatic heterocycles. The lowest BCUT2D eigenvalue weighted by Gasteiger charge is -2.39. The molecule has 63 heavy (non-hydrogen) atoms. The van der Waals surface area contributed by atoms with Crippen molar-refractivity contribution < 1.29 is 49.0 Å². The molecule has 1 heterocycles. The molecule has 0 aromatic rings. The summed E-state index contributed by atoms with van der Waals surface area (Å²) in [7, 11) is 0. The number of esters is 2. The Bertz CT molecular complexity index is 1120. The minimum absolute atomic E-state index is 0.226. The number of carbonyl (C=O) groups excluding carboxylic acids is 2. The Labute approximate surface area is 385 Å². The third kappa shape index (κ3) is 34.9. The van der Waals surface area contributed by atoms with Crippen LogP contribution >= 0.6 is 0 Å². The van der Waals surface area contributed by atoms with E-state index in [1.165, 1.54) is 135 Å². The topological polar surface area (TPSA) is 152 Å². The number of rotatable bonds is 44. The van der Waals surface area contributed by atoms with E-state index in [1.54, 1.807) is 0 Å². The highest BCUT2D eigenvalue weighted by atomic mass is 16.7. The first-order valence-corrected chi connectivity index (χ1v) is 26.1. The molecule has 0 aromatic heterocycles. The Kier molecular flexibility index (Phi) is 41.0. The molecular weight excluding hydrogens is 797 g/mol. The largest absolute Gasteiger partial charge is 0.462 e. The van der Waals surface area contributed by atoms with Crippen molar-refractivity contribution >= 4 is 11.9 Å². The molecule has 10 heteroatoms. The zero-order valence-electron chi connectivity index (χ0n) is 40.3.